The van der Waals surface area contributed by atoms with Crippen molar-refractivity contribution in [3.8, 4) is 0 Å². The predicted octanol–water partition coefficient (Wildman–Crippen LogP) is 3.28. The smallest absolute Gasteiger partial charge is 0.352 e. The zero-order valence-electron chi connectivity index (χ0n) is 15.7. The van der Waals surface area contributed by atoms with Gasteiger partial charge in [-0.25, -0.2) is 4.98 Å². The molecule has 31 heavy (non-hydrogen) atoms. The van der Waals surface area contributed by atoms with E-state index in [0.29, 0.717) is 23.0 Å². The molecule has 0 aromatic carbocycles. The highest BCUT2D eigenvalue weighted by Crippen LogP contribution is 2.33. The lowest BCUT2D eigenvalue weighted by molar-refractivity contribution is -0.139. The highest BCUT2D eigenvalue weighted by atomic mass is 35.5. The van der Waals surface area contributed by atoms with E-state index in [1.807, 2.05) is 0 Å². The number of alkyl halides is 6. The van der Waals surface area contributed by atoms with E-state index in [-0.39, 0.29) is 37.0 Å². The topological polar surface area (TPSA) is 58.4 Å². The number of amides is 1. The van der Waals surface area contributed by atoms with E-state index >= 15 is 0 Å². The molecule has 0 unspecified atom stereocenters. The van der Waals surface area contributed by atoms with Gasteiger partial charge in [-0.1, -0.05) is 11.6 Å². The van der Waals surface area contributed by atoms with Gasteiger partial charge >= 0.3 is 12.4 Å². The second-order valence-electron chi connectivity index (χ2n) is 6.78. The summed E-state index contributed by atoms with van der Waals surface area (Å²) in [4.78, 5) is 31.0. The SMILES string of the molecule is O=C(Cn1cc(C(F)(F)F)ccc1=O)N1CCN(c2ncc(C(F)(F)F)cc2Cl)CC1. The number of rotatable bonds is 3. The highest BCUT2D eigenvalue weighted by Gasteiger charge is 2.33. The first kappa shape index (κ1) is 22.9. The van der Waals surface area contributed by atoms with Gasteiger partial charge in [0.05, 0.1) is 16.1 Å². The Labute approximate surface area is 176 Å². The van der Waals surface area contributed by atoms with Gasteiger partial charge in [-0.15, -0.1) is 0 Å². The molecule has 3 rings (SSSR count). The first-order valence-corrected chi connectivity index (χ1v) is 9.27. The van der Waals surface area contributed by atoms with Crippen molar-refractivity contribution in [2.75, 3.05) is 31.1 Å². The van der Waals surface area contributed by atoms with Crippen molar-refractivity contribution in [2.24, 2.45) is 0 Å². The predicted molar refractivity (Wildman–Crippen MR) is 98.7 cm³/mol. The van der Waals surface area contributed by atoms with Gasteiger partial charge in [0.25, 0.3) is 5.56 Å². The highest BCUT2D eigenvalue weighted by molar-refractivity contribution is 6.33. The Morgan fingerprint density at radius 2 is 1.61 bits per heavy atom. The number of aromatic nitrogens is 2. The molecule has 0 radical (unpaired) electrons. The van der Waals surface area contributed by atoms with Crippen molar-refractivity contribution in [3.63, 3.8) is 0 Å². The maximum atomic E-state index is 12.8. The monoisotopic (exact) mass is 468 g/mol. The Kier molecular flexibility index (Phi) is 6.21. The van der Waals surface area contributed by atoms with Crippen LogP contribution in [-0.2, 0) is 23.7 Å². The summed E-state index contributed by atoms with van der Waals surface area (Å²) in [5.74, 6) is -0.427. The van der Waals surface area contributed by atoms with Crippen LogP contribution in [0.2, 0.25) is 5.02 Å². The summed E-state index contributed by atoms with van der Waals surface area (Å²) in [6.07, 6.45) is -7.99. The van der Waals surface area contributed by atoms with Crippen LogP contribution >= 0.6 is 11.6 Å². The van der Waals surface area contributed by atoms with Crippen LogP contribution in [0, 0.1) is 0 Å². The zero-order valence-corrected chi connectivity index (χ0v) is 16.4. The molecule has 1 aliphatic rings. The first-order chi connectivity index (χ1) is 14.4. The number of carbonyl (C=O) groups is 1. The number of hydrogen-bond acceptors (Lipinski definition) is 4. The summed E-state index contributed by atoms with van der Waals surface area (Å²) < 4.78 is 77.4. The van der Waals surface area contributed by atoms with Crippen molar-refractivity contribution in [1.82, 2.24) is 14.5 Å². The summed E-state index contributed by atoms with van der Waals surface area (Å²) >= 11 is 5.93. The molecule has 6 nitrogen and oxygen atoms in total. The molecule has 2 aromatic heterocycles. The Bertz CT molecular complexity index is 1030. The van der Waals surface area contributed by atoms with Crippen LogP contribution in [0.4, 0.5) is 32.2 Å². The summed E-state index contributed by atoms with van der Waals surface area (Å²) in [5.41, 5.74) is -2.78. The van der Waals surface area contributed by atoms with E-state index in [4.69, 9.17) is 11.6 Å². The number of pyridine rings is 2. The van der Waals surface area contributed by atoms with Gasteiger partial charge < -0.3 is 14.4 Å². The van der Waals surface area contributed by atoms with Crippen LogP contribution in [0.25, 0.3) is 0 Å². The van der Waals surface area contributed by atoms with E-state index in [9.17, 15) is 35.9 Å². The fourth-order valence-corrected chi connectivity index (χ4v) is 3.34. The fourth-order valence-electron chi connectivity index (χ4n) is 3.05. The van der Waals surface area contributed by atoms with Gasteiger partial charge in [-0.2, -0.15) is 26.3 Å². The summed E-state index contributed by atoms with van der Waals surface area (Å²) in [7, 11) is 0. The molecule has 0 bridgehead atoms. The van der Waals surface area contributed by atoms with Gasteiger partial charge in [0.15, 0.2) is 0 Å². The summed E-state index contributed by atoms with van der Waals surface area (Å²) in [6.45, 7) is 0.0851. The largest absolute Gasteiger partial charge is 0.417 e. The maximum Gasteiger partial charge on any atom is 0.417 e. The zero-order chi connectivity index (χ0) is 23.0. The van der Waals surface area contributed by atoms with E-state index in [1.54, 1.807) is 4.90 Å². The Morgan fingerprint density at radius 3 is 2.16 bits per heavy atom. The number of halogens is 7. The third-order valence-corrected chi connectivity index (χ3v) is 4.98. The lowest BCUT2D eigenvalue weighted by Gasteiger charge is -2.36. The van der Waals surface area contributed by atoms with Gasteiger partial charge in [0.2, 0.25) is 5.91 Å². The number of hydrogen-bond donors (Lipinski definition) is 0. The van der Waals surface area contributed by atoms with Crippen LogP contribution in [-0.4, -0.2) is 46.5 Å². The average molecular weight is 469 g/mol. The molecule has 168 valence electrons. The van der Waals surface area contributed by atoms with Crippen LogP contribution in [0.1, 0.15) is 11.1 Å². The van der Waals surface area contributed by atoms with Crippen molar-refractivity contribution < 1.29 is 31.1 Å². The summed E-state index contributed by atoms with van der Waals surface area (Å²) in [5, 5.41) is -0.190. The molecular weight excluding hydrogens is 454 g/mol. The van der Waals surface area contributed by atoms with Crippen molar-refractivity contribution in [3.05, 3.63) is 57.1 Å². The molecule has 0 atom stereocenters. The molecule has 1 amide bonds. The Balaban J connectivity index is 1.65. The molecule has 1 aliphatic heterocycles. The summed E-state index contributed by atoms with van der Waals surface area (Å²) in [6, 6.07) is 2.15. The molecule has 1 fully saturated rings. The molecule has 1 saturated heterocycles. The van der Waals surface area contributed by atoms with E-state index in [2.05, 4.69) is 4.98 Å². The molecule has 0 spiro atoms. The minimum atomic E-state index is -4.65. The minimum Gasteiger partial charge on any atom is -0.352 e. The number of anilines is 1. The van der Waals surface area contributed by atoms with E-state index in [1.165, 1.54) is 4.90 Å². The minimum absolute atomic E-state index is 0.131. The van der Waals surface area contributed by atoms with Gasteiger partial charge in [-0.05, 0) is 12.1 Å². The van der Waals surface area contributed by atoms with E-state index in [0.717, 1.165) is 12.1 Å². The van der Waals surface area contributed by atoms with Gasteiger partial charge in [-0.3, -0.25) is 9.59 Å². The Morgan fingerprint density at radius 1 is 1.00 bits per heavy atom. The van der Waals surface area contributed by atoms with Crippen molar-refractivity contribution in [2.45, 2.75) is 18.9 Å². The second-order valence-corrected chi connectivity index (χ2v) is 7.18. The molecule has 3 heterocycles. The van der Waals surface area contributed by atoms with Crippen LogP contribution < -0.4 is 10.5 Å². The van der Waals surface area contributed by atoms with Gasteiger partial charge in [0.1, 0.15) is 12.4 Å². The lowest BCUT2D eigenvalue weighted by atomic mass is 10.2. The van der Waals surface area contributed by atoms with Crippen LogP contribution in [0.5, 0.6) is 0 Å². The third-order valence-electron chi connectivity index (χ3n) is 4.70. The standard InChI is InChI=1S/C18H15ClF6N4O2/c19-13-7-12(18(23,24)25)8-26-16(13)28-5-3-27(4-6-28)15(31)10-29-9-11(17(20,21)22)1-2-14(29)30/h1-2,7-9H,3-6,10H2. The molecule has 2 aromatic rings. The molecular formula is C18H15ClF6N4O2. The van der Waals surface area contributed by atoms with E-state index < -0.39 is 41.5 Å². The van der Waals surface area contributed by atoms with Crippen LogP contribution in [0.3, 0.4) is 0 Å². The Hall–Kier alpha value is -2.76. The lowest BCUT2D eigenvalue weighted by Crippen LogP contribution is -2.50. The molecule has 0 aliphatic carbocycles. The number of piperazine rings is 1. The third kappa shape index (κ3) is 5.30. The van der Waals surface area contributed by atoms with Crippen LogP contribution in [0.15, 0.2) is 35.4 Å². The molecule has 13 heteroatoms. The maximum absolute atomic E-state index is 12.8. The normalized spacial score (nSPS) is 15.3. The van der Waals surface area contributed by atoms with Crippen molar-refractivity contribution in [1.29, 1.82) is 0 Å². The quantitative estimate of drug-likeness (QED) is 0.649. The van der Waals surface area contributed by atoms with Gasteiger partial charge in [0, 0.05) is 44.6 Å². The molecule has 0 N–H and O–H groups in total. The second kappa shape index (κ2) is 8.40. The fraction of sp³-hybridized carbons (Fsp3) is 0.389. The number of carbonyl (C=O) groups excluding carboxylic acids is 1. The first-order valence-electron chi connectivity index (χ1n) is 8.89. The van der Waals surface area contributed by atoms with Crippen molar-refractivity contribution >= 4 is 23.3 Å². The number of nitrogens with zero attached hydrogens (tertiary/aromatic N) is 4. The average Bonchev–Trinajstić information content (AvgIpc) is 2.68. The molecule has 0 saturated carbocycles.